The molecule has 1 N–H and O–H groups in total. The highest BCUT2D eigenvalue weighted by Crippen LogP contribution is 2.11. The molecule has 0 aliphatic rings. The first-order valence-electron chi connectivity index (χ1n) is 19.0. The number of carbonyl (C=O) groups is 2. The highest BCUT2D eigenvalue weighted by Gasteiger charge is 2.07. The van der Waals surface area contributed by atoms with Crippen molar-refractivity contribution in [1.82, 2.24) is 0 Å². The molecular weight excluding hydrogens is 662 g/mol. The van der Waals surface area contributed by atoms with Crippen LogP contribution in [0, 0.1) is 0 Å². The Labute approximate surface area is 306 Å². The monoisotopic (exact) mass is 729 g/mol. The first-order valence-corrected chi connectivity index (χ1v) is 19.0. The molecule has 1 aromatic carbocycles. The van der Waals surface area contributed by atoms with Crippen LogP contribution in [0.25, 0.3) is 0 Å². The third kappa shape index (κ3) is 32.1. The lowest BCUT2D eigenvalue weighted by Crippen LogP contribution is -2.15. The van der Waals surface area contributed by atoms with Gasteiger partial charge in [-0.05, 0) is 37.1 Å². The van der Waals surface area contributed by atoms with Crippen LogP contribution in [0.5, 0.6) is 0 Å². The Kier molecular flexibility index (Phi) is 34.2. The van der Waals surface area contributed by atoms with Crippen molar-refractivity contribution in [2.24, 2.45) is 0 Å². The quantitative estimate of drug-likeness (QED) is 0.0677. The van der Waals surface area contributed by atoms with Crippen molar-refractivity contribution in [2.75, 3.05) is 131 Å². The molecular formula is C38H67NO12. The van der Waals surface area contributed by atoms with Crippen molar-refractivity contribution in [1.29, 1.82) is 0 Å². The smallest absolute Gasteiger partial charge is 0.338 e. The van der Waals surface area contributed by atoms with E-state index in [-0.39, 0.29) is 25.2 Å². The number of hydrogen-bond acceptors (Lipinski definition) is 13. The topological polar surface area (TPSA) is 138 Å². The molecule has 0 saturated heterocycles. The van der Waals surface area contributed by atoms with E-state index in [1.54, 1.807) is 12.1 Å². The molecule has 0 aliphatic carbocycles. The Hall–Kier alpha value is -2.36. The van der Waals surface area contributed by atoms with Gasteiger partial charge in [-0.25, -0.2) is 4.79 Å². The largest absolute Gasteiger partial charge is 0.463 e. The minimum absolute atomic E-state index is 0.147. The van der Waals surface area contributed by atoms with Crippen LogP contribution < -0.4 is 5.32 Å². The summed E-state index contributed by atoms with van der Waals surface area (Å²) in [5, 5.41) is 3.32. The Morgan fingerprint density at radius 1 is 0.451 bits per heavy atom. The van der Waals surface area contributed by atoms with Gasteiger partial charge in [0.1, 0.15) is 13.2 Å². The van der Waals surface area contributed by atoms with Gasteiger partial charge in [0.05, 0.1) is 111 Å². The zero-order chi connectivity index (χ0) is 36.7. The maximum Gasteiger partial charge on any atom is 0.338 e. The average Bonchev–Trinajstić information content (AvgIpc) is 3.14. The number of unbranched alkanes of at least 4 members (excludes halogenated alkanes) is 6. The number of benzene rings is 1. The SMILES string of the molecule is CCCCCCCCC(=O)OCCOCCOCCOCCOCCOCCOCCOCCOCCOC(=O)c1ccc(NCCCC)cc1. The van der Waals surface area contributed by atoms with Gasteiger partial charge in [0.25, 0.3) is 0 Å². The lowest BCUT2D eigenvalue weighted by atomic mass is 10.1. The van der Waals surface area contributed by atoms with Crippen LogP contribution in [0.4, 0.5) is 5.69 Å². The molecule has 51 heavy (non-hydrogen) atoms. The Morgan fingerprint density at radius 3 is 1.25 bits per heavy atom. The second kappa shape index (κ2) is 37.4. The fourth-order valence-electron chi connectivity index (χ4n) is 4.39. The van der Waals surface area contributed by atoms with Crippen molar-refractivity contribution in [3.63, 3.8) is 0 Å². The maximum atomic E-state index is 12.1. The molecule has 0 heterocycles. The molecule has 1 aromatic rings. The fourth-order valence-corrected chi connectivity index (χ4v) is 4.39. The van der Waals surface area contributed by atoms with Gasteiger partial charge in [-0.1, -0.05) is 52.4 Å². The Morgan fingerprint density at radius 2 is 0.824 bits per heavy atom. The molecule has 1 rings (SSSR count). The molecule has 0 amide bonds. The van der Waals surface area contributed by atoms with Crippen LogP contribution in [-0.4, -0.2) is 137 Å². The molecule has 0 unspecified atom stereocenters. The van der Waals surface area contributed by atoms with Crippen molar-refractivity contribution >= 4 is 17.6 Å². The van der Waals surface area contributed by atoms with Crippen molar-refractivity contribution in [2.45, 2.75) is 71.6 Å². The second-order valence-corrected chi connectivity index (χ2v) is 11.6. The third-order valence-corrected chi connectivity index (χ3v) is 7.27. The normalized spacial score (nSPS) is 11.2. The van der Waals surface area contributed by atoms with Crippen LogP contribution in [-0.2, 0) is 52.2 Å². The van der Waals surface area contributed by atoms with E-state index >= 15 is 0 Å². The van der Waals surface area contributed by atoms with Crippen LogP contribution in [0.3, 0.4) is 0 Å². The van der Waals surface area contributed by atoms with Gasteiger partial charge < -0.3 is 52.7 Å². The average molecular weight is 730 g/mol. The minimum Gasteiger partial charge on any atom is -0.463 e. The lowest BCUT2D eigenvalue weighted by Gasteiger charge is -2.09. The number of esters is 2. The Bertz CT molecular complexity index is 905. The van der Waals surface area contributed by atoms with Crippen molar-refractivity contribution in [3.05, 3.63) is 29.8 Å². The molecule has 0 spiro atoms. The summed E-state index contributed by atoms with van der Waals surface area (Å²) in [5.41, 5.74) is 1.51. The summed E-state index contributed by atoms with van der Waals surface area (Å²) in [4.78, 5) is 23.8. The predicted molar refractivity (Wildman–Crippen MR) is 196 cm³/mol. The summed E-state index contributed by atoms with van der Waals surface area (Å²) in [6, 6.07) is 7.29. The molecule has 0 aliphatic heterocycles. The van der Waals surface area contributed by atoms with E-state index in [0.717, 1.165) is 37.9 Å². The van der Waals surface area contributed by atoms with E-state index < -0.39 is 0 Å². The van der Waals surface area contributed by atoms with Gasteiger partial charge in [-0.2, -0.15) is 0 Å². The van der Waals surface area contributed by atoms with Crippen molar-refractivity contribution < 1.29 is 57.0 Å². The van der Waals surface area contributed by atoms with E-state index in [9.17, 15) is 9.59 Å². The molecule has 0 bridgehead atoms. The van der Waals surface area contributed by atoms with Gasteiger partial charge >= 0.3 is 11.9 Å². The lowest BCUT2D eigenvalue weighted by molar-refractivity contribution is -0.145. The van der Waals surface area contributed by atoms with E-state index in [4.69, 9.17) is 47.4 Å². The summed E-state index contributed by atoms with van der Waals surface area (Å²) in [6.07, 6.45) is 9.64. The number of carbonyl (C=O) groups excluding carboxylic acids is 2. The number of rotatable bonds is 39. The van der Waals surface area contributed by atoms with Gasteiger partial charge in [0.15, 0.2) is 0 Å². The molecule has 0 aromatic heterocycles. The fraction of sp³-hybridized carbons (Fsp3) is 0.789. The number of anilines is 1. The summed E-state index contributed by atoms with van der Waals surface area (Å²) in [6.45, 7) is 12.9. The summed E-state index contributed by atoms with van der Waals surface area (Å²) in [5.74, 6) is -0.510. The van der Waals surface area contributed by atoms with E-state index in [1.807, 2.05) is 12.1 Å². The molecule has 296 valence electrons. The first kappa shape index (κ1) is 46.7. The number of hydrogen-bond donors (Lipinski definition) is 1. The molecule has 13 nitrogen and oxygen atoms in total. The van der Waals surface area contributed by atoms with Gasteiger partial charge in [0.2, 0.25) is 0 Å². The van der Waals surface area contributed by atoms with Crippen LogP contribution in [0.15, 0.2) is 24.3 Å². The predicted octanol–water partition coefficient (Wildman–Crippen LogP) is 5.48. The van der Waals surface area contributed by atoms with Gasteiger partial charge in [-0.3, -0.25) is 4.79 Å². The third-order valence-electron chi connectivity index (χ3n) is 7.27. The van der Waals surface area contributed by atoms with E-state index in [0.29, 0.717) is 118 Å². The summed E-state index contributed by atoms with van der Waals surface area (Å²) in [7, 11) is 0. The van der Waals surface area contributed by atoms with E-state index in [1.165, 1.54) is 25.7 Å². The van der Waals surface area contributed by atoms with Gasteiger partial charge in [-0.15, -0.1) is 0 Å². The van der Waals surface area contributed by atoms with Crippen molar-refractivity contribution in [3.8, 4) is 0 Å². The molecule has 0 radical (unpaired) electrons. The zero-order valence-corrected chi connectivity index (χ0v) is 31.5. The Balaban J connectivity index is 1.71. The molecule has 0 fully saturated rings. The minimum atomic E-state index is -0.363. The van der Waals surface area contributed by atoms with E-state index in [2.05, 4.69) is 19.2 Å². The standard InChI is InChI=1S/C38H67NO12/c1-3-5-7-8-9-10-11-37(40)50-33-31-48-29-27-46-25-23-44-21-19-42-17-18-43-20-22-45-24-26-47-28-30-49-32-34-51-38(41)35-12-14-36(15-13-35)39-16-6-4-2/h12-15,39H,3-11,16-34H2,1-2H3. The van der Waals surface area contributed by atoms with Crippen LogP contribution in [0.1, 0.15) is 82.0 Å². The second-order valence-electron chi connectivity index (χ2n) is 11.6. The summed E-state index contributed by atoms with van der Waals surface area (Å²) >= 11 is 0. The van der Waals surface area contributed by atoms with Crippen LogP contribution >= 0.6 is 0 Å². The zero-order valence-electron chi connectivity index (χ0n) is 31.5. The highest BCUT2D eigenvalue weighted by atomic mass is 16.6. The number of nitrogens with one attached hydrogen (secondary N) is 1. The summed E-state index contributed by atoms with van der Waals surface area (Å²) < 4.78 is 54.2. The maximum absolute atomic E-state index is 12.1. The number of ether oxygens (including phenoxy) is 10. The van der Waals surface area contributed by atoms with Crippen LogP contribution in [0.2, 0.25) is 0 Å². The van der Waals surface area contributed by atoms with Gasteiger partial charge in [0, 0.05) is 18.7 Å². The highest BCUT2D eigenvalue weighted by molar-refractivity contribution is 5.89. The molecule has 13 heteroatoms. The first-order chi connectivity index (χ1) is 25.2. The molecule has 0 atom stereocenters. The molecule has 0 saturated carbocycles.